The van der Waals surface area contributed by atoms with Gasteiger partial charge in [0.25, 0.3) is 0 Å². The van der Waals surface area contributed by atoms with E-state index in [1.807, 2.05) is 0 Å². The van der Waals surface area contributed by atoms with Crippen LogP contribution in [-0.2, 0) is 0 Å². The molecule has 0 aliphatic carbocycles. The summed E-state index contributed by atoms with van der Waals surface area (Å²) in [5, 5.41) is 9.47. The van der Waals surface area contributed by atoms with Crippen LogP contribution in [0.4, 0.5) is 17.1 Å². The van der Waals surface area contributed by atoms with Gasteiger partial charge in [0.05, 0.1) is 16.7 Å². The van der Waals surface area contributed by atoms with Crippen molar-refractivity contribution in [2.45, 2.75) is 0 Å². The summed E-state index contributed by atoms with van der Waals surface area (Å²) in [5.74, 6) is 0. The summed E-state index contributed by atoms with van der Waals surface area (Å²) in [4.78, 5) is 2.36. The Bertz CT molecular complexity index is 3540. The highest BCUT2D eigenvalue weighted by Crippen LogP contribution is 2.46. The van der Waals surface area contributed by atoms with E-state index in [4.69, 9.17) is 4.42 Å². The third-order valence-electron chi connectivity index (χ3n) is 11.9. The summed E-state index contributed by atoms with van der Waals surface area (Å²) in [5.41, 5.74) is 13.0. The van der Waals surface area contributed by atoms with Crippen molar-refractivity contribution in [2.75, 3.05) is 4.90 Å². The van der Waals surface area contributed by atoms with Gasteiger partial charge in [-0.15, -0.1) is 0 Å². The van der Waals surface area contributed by atoms with Crippen molar-refractivity contribution in [2.24, 2.45) is 0 Å². The molecule has 0 amide bonds. The molecule has 0 N–H and O–H groups in total. The molecule has 12 rings (SSSR count). The fourth-order valence-corrected chi connectivity index (χ4v) is 9.24. The number of nitrogens with zero attached hydrogens (tertiary/aromatic N) is 2. The molecular weight excluding hydrogens is 717 g/mol. The summed E-state index contributed by atoms with van der Waals surface area (Å²) >= 11 is 0. The number of fused-ring (bicyclic) bond motifs is 8. The molecule has 0 radical (unpaired) electrons. The highest BCUT2D eigenvalue weighted by molar-refractivity contribution is 6.15. The summed E-state index contributed by atoms with van der Waals surface area (Å²) in [6, 6.07) is 78.7. The van der Waals surface area contributed by atoms with E-state index >= 15 is 0 Å². The number of hydrogen-bond donors (Lipinski definition) is 0. The number of aromatic nitrogens is 1. The largest absolute Gasteiger partial charge is 0.454 e. The summed E-state index contributed by atoms with van der Waals surface area (Å²) in [6.45, 7) is 0. The highest BCUT2D eigenvalue weighted by Gasteiger charge is 2.22. The van der Waals surface area contributed by atoms with E-state index in [1.165, 1.54) is 49.1 Å². The molecule has 3 heteroatoms. The fourth-order valence-electron chi connectivity index (χ4n) is 9.24. The van der Waals surface area contributed by atoms with Gasteiger partial charge >= 0.3 is 0 Å². The Kier molecular flexibility index (Phi) is 7.54. The maximum Gasteiger partial charge on any atom is 0.159 e. The number of rotatable bonds is 6. The van der Waals surface area contributed by atoms with Crippen molar-refractivity contribution in [1.82, 2.24) is 4.57 Å². The van der Waals surface area contributed by atoms with Gasteiger partial charge in [-0.3, -0.25) is 0 Å². The Balaban J connectivity index is 1.09. The molecule has 0 atom stereocenters. The van der Waals surface area contributed by atoms with Gasteiger partial charge in [0.2, 0.25) is 0 Å². The molecule has 0 saturated carbocycles. The molecule has 0 bridgehead atoms. The van der Waals surface area contributed by atoms with Gasteiger partial charge in [-0.1, -0.05) is 158 Å². The first-order chi connectivity index (χ1) is 29.3. The topological polar surface area (TPSA) is 21.3 Å². The van der Waals surface area contributed by atoms with Gasteiger partial charge in [0.15, 0.2) is 5.58 Å². The average molecular weight is 753 g/mol. The maximum absolute atomic E-state index is 6.90. The number of furan rings is 1. The van der Waals surface area contributed by atoms with Gasteiger partial charge in [-0.05, 0) is 104 Å². The normalized spacial score (nSPS) is 11.7. The van der Waals surface area contributed by atoms with Gasteiger partial charge in [-0.2, -0.15) is 0 Å². The number of hydrogen-bond acceptors (Lipinski definition) is 2. The molecule has 0 saturated heterocycles. The fraction of sp³-hybridized carbons (Fsp3) is 0. The lowest BCUT2D eigenvalue weighted by Crippen LogP contribution is -2.10. The minimum Gasteiger partial charge on any atom is -0.454 e. The van der Waals surface area contributed by atoms with Crippen LogP contribution in [0, 0.1) is 0 Å². The number of anilines is 3. The molecular formula is C56H36N2O. The first-order valence-corrected chi connectivity index (χ1v) is 20.2. The van der Waals surface area contributed by atoms with Gasteiger partial charge in [0, 0.05) is 38.6 Å². The molecule has 0 aliphatic rings. The van der Waals surface area contributed by atoms with E-state index in [9.17, 15) is 0 Å². The van der Waals surface area contributed by atoms with Crippen LogP contribution in [0.1, 0.15) is 0 Å². The lowest BCUT2D eigenvalue weighted by molar-refractivity contribution is 0.669. The van der Waals surface area contributed by atoms with Gasteiger partial charge in [-0.25, -0.2) is 0 Å². The SMILES string of the molecule is c1ccc(-c2c(-c3ccc(N(c4ccc5c6ccccc6n(-c6ccccc6)c5c4)c4cccc5c4oc4cc6ccccc6cc45)cc3)ccc3ccccc23)cc1. The lowest BCUT2D eigenvalue weighted by Gasteiger charge is -2.26. The van der Waals surface area contributed by atoms with Crippen molar-refractivity contribution in [3.05, 3.63) is 218 Å². The first-order valence-electron chi connectivity index (χ1n) is 20.2. The second-order valence-corrected chi connectivity index (χ2v) is 15.3. The third-order valence-corrected chi connectivity index (χ3v) is 11.9. The standard InChI is InChI=1S/C56H36N2O/c1-3-15-39(16-4-1)55-45-21-10-9-14-37(45)28-32-46(55)38-26-29-43(30-27-38)57(52-25-13-23-49-50-34-40-17-7-8-18-41(40)35-54(50)59-56(49)52)44-31-33-48-47-22-11-12-24-51(47)58(53(48)36-44)42-19-5-2-6-20-42/h1-36H. The highest BCUT2D eigenvalue weighted by atomic mass is 16.3. The smallest absolute Gasteiger partial charge is 0.159 e. The monoisotopic (exact) mass is 752 g/mol. The van der Waals surface area contributed by atoms with E-state index in [0.717, 1.165) is 61.2 Å². The van der Waals surface area contributed by atoms with E-state index in [0.29, 0.717) is 0 Å². The van der Waals surface area contributed by atoms with E-state index in [-0.39, 0.29) is 0 Å². The van der Waals surface area contributed by atoms with Crippen molar-refractivity contribution in [3.8, 4) is 27.9 Å². The summed E-state index contributed by atoms with van der Waals surface area (Å²) in [7, 11) is 0. The number of benzene rings is 10. The molecule has 12 aromatic rings. The zero-order chi connectivity index (χ0) is 38.9. The van der Waals surface area contributed by atoms with Crippen LogP contribution in [-0.4, -0.2) is 4.57 Å². The summed E-state index contributed by atoms with van der Waals surface area (Å²) < 4.78 is 9.28. The molecule has 0 aliphatic heterocycles. The van der Waals surface area contributed by atoms with E-state index in [1.54, 1.807) is 0 Å². The Hall–Kier alpha value is -7.88. The molecule has 2 aromatic heterocycles. The van der Waals surface area contributed by atoms with Gasteiger partial charge < -0.3 is 13.9 Å². The molecule has 0 unspecified atom stereocenters. The van der Waals surface area contributed by atoms with Crippen molar-refractivity contribution >= 4 is 82.4 Å². The maximum atomic E-state index is 6.90. The second-order valence-electron chi connectivity index (χ2n) is 15.3. The van der Waals surface area contributed by atoms with Gasteiger partial charge in [0.1, 0.15) is 5.58 Å². The summed E-state index contributed by atoms with van der Waals surface area (Å²) in [6.07, 6.45) is 0. The molecule has 3 nitrogen and oxygen atoms in total. The van der Waals surface area contributed by atoms with Crippen LogP contribution >= 0.6 is 0 Å². The molecule has 0 spiro atoms. The second kappa shape index (κ2) is 13.4. The Labute approximate surface area is 341 Å². The first kappa shape index (κ1) is 33.3. The van der Waals surface area contributed by atoms with Crippen LogP contribution < -0.4 is 4.90 Å². The quantitative estimate of drug-likeness (QED) is 0.169. The predicted molar refractivity (Wildman–Crippen MR) is 249 cm³/mol. The number of para-hydroxylation sites is 3. The zero-order valence-corrected chi connectivity index (χ0v) is 32.1. The van der Waals surface area contributed by atoms with Crippen LogP contribution in [0.3, 0.4) is 0 Å². The lowest BCUT2D eigenvalue weighted by atomic mass is 9.90. The Morgan fingerprint density at radius 3 is 1.83 bits per heavy atom. The van der Waals surface area contributed by atoms with E-state index < -0.39 is 0 Å². The minimum absolute atomic E-state index is 0.853. The van der Waals surface area contributed by atoms with Crippen molar-refractivity contribution in [3.63, 3.8) is 0 Å². The van der Waals surface area contributed by atoms with Crippen LogP contribution in [0.5, 0.6) is 0 Å². The van der Waals surface area contributed by atoms with Crippen LogP contribution in [0.2, 0.25) is 0 Å². The molecule has 59 heavy (non-hydrogen) atoms. The molecule has 10 aromatic carbocycles. The van der Waals surface area contributed by atoms with Crippen molar-refractivity contribution < 1.29 is 4.42 Å². The zero-order valence-electron chi connectivity index (χ0n) is 32.1. The molecule has 2 heterocycles. The third kappa shape index (κ3) is 5.36. The van der Waals surface area contributed by atoms with Crippen molar-refractivity contribution in [1.29, 1.82) is 0 Å². The van der Waals surface area contributed by atoms with E-state index in [2.05, 4.69) is 228 Å². The Morgan fingerprint density at radius 2 is 1.02 bits per heavy atom. The Morgan fingerprint density at radius 1 is 0.373 bits per heavy atom. The molecule has 276 valence electrons. The van der Waals surface area contributed by atoms with Crippen LogP contribution in [0.25, 0.3) is 93.2 Å². The molecule has 0 fully saturated rings. The predicted octanol–water partition coefficient (Wildman–Crippen LogP) is 15.8. The van der Waals surface area contributed by atoms with Crippen LogP contribution in [0.15, 0.2) is 223 Å². The average Bonchev–Trinajstić information content (AvgIpc) is 3.84. The minimum atomic E-state index is 0.853.